The molecule has 0 atom stereocenters. The van der Waals surface area contributed by atoms with E-state index in [9.17, 15) is 9.59 Å². The van der Waals surface area contributed by atoms with Crippen LogP contribution in [-0.4, -0.2) is 17.0 Å². The van der Waals surface area contributed by atoms with E-state index in [0.29, 0.717) is 11.3 Å². The first-order valence-electron chi connectivity index (χ1n) is 5.91. The molecule has 0 aromatic heterocycles. The molecule has 2 aromatic rings. The summed E-state index contributed by atoms with van der Waals surface area (Å²) in [5.41, 5.74) is 6.94. The summed E-state index contributed by atoms with van der Waals surface area (Å²) in [7, 11) is 0. The van der Waals surface area contributed by atoms with Crippen molar-refractivity contribution in [3.63, 3.8) is 0 Å². The molecule has 1 amide bonds. The number of aromatic carboxylic acids is 1. The second-order valence-corrected chi connectivity index (χ2v) is 5.24. The van der Waals surface area contributed by atoms with Crippen LogP contribution in [0.15, 0.2) is 53.4 Å². The minimum atomic E-state index is -0.942. The van der Waals surface area contributed by atoms with Gasteiger partial charge in [0.1, 0.15) is 0 Å². The molecule has 0 bridgehead atoms. The van der Waals surface area contributed by atoms with Gasteiger partial charge < -0.3 is 10.8 Å². The predicted octanol–water partition coefficient (Wildman–Crippen LogP) is 2.78. The Labute approximate surface area is 120 Å². The van der Waals surface area contributed by atoms with Crippen LogP contribution >= 0.6 is 11.8 Å². The molecule has 102 valence electrons. The maximum atomic E-state index is 11.1. The molecule has 0 saturated heterocycles. The van der Waals surface area contributed by atoms with Gasteiger partial charge in [0.25, 0.3) is 0 Å². The van der Waals surface area contributed by atoms with Crippen LogP contribution in [0, 0.1) is 0 Å². The third-order valence-corrected chi connectivity index (χ3v) is 3.76. The number of hydrogen-bond acceptors (Lipinski definition) is 3. The van der Waals surface area contributed by atoms with Crippen molar-refractivity contribution in [3.8, 4) is 0 Å². The second kappa shape index (κ2) is 6.25. The summed E-state index contributed by atoms with van der Waals surface area (Å²) in [6.45, 7) is 0. The van der Waals surface area contributed by atoms with E-state index in [2.05, 4.69) is 0 Å². The van der Waals surface area contributed by atoms with Crippen molar-refractivity contribution < 1.29 is 14.7 Å². The van der Waals surface area contributed by atoms with Crippen LogP contribution in [0.25, 0.3) is 0 Å². The summed E-state index contributed by atoms with van der Waals surface area (Å²) in [6.07, 6.45) is 0. The van der Waals surface area contributed by atoms with Crippen molar-refractivity contribution in [1.82, 2.24) is 0 Å². The van der Waals surface area contributed by atoms with Gasteiger partial charge >= 0.3 is 5.97 Å². The molecule has 4 nitrogen and oxygen atoms in total. The fourth-order valence-electron chi connectivity index (χ4n) is 1.70. The van der Waals surface area contributed by atoms with Crippen LogP contribution in [0.3, 0.4) is 0 Å². The Bertz CT molecular complexity index is 598. The average Bonchev–Trinajstić information content (AvgIpc) is 2.45. The number of carbonyl (C=O) groups excluding carboxylic acids is 1. The topological polar surface area (TPSA) is 80.4 Å². The van der Waals surface area contributed by atoms with Crippen LogP contribution in [0.4, 0.5) is 0 Å². The predicted molar refractivity (Wildman–Crippen MR) is 77.9 cm³/mol. The van der Waals surface area contributed by atoms with Crippen molar-refractivity contribution in [1.29, 1.82) is 0 Å². The fraction of sp³-hybridized carbons (Fsp3) is 0.0667. The number of thioether (sulfide) groups is 1. The smallest absolute Gasteiger partial charge is 0.335 e. The minimum Gasteiger partial charge on any atom is -0.478 e. The lowest BCUT2D eigenvalue weighted by Crippen LogP contribution is -2.10. The molecule has 0 aliphatic rings. The molecule has 2 rings (SSSR count). The first-order valence-corrected chi connectivity index (χ1v) is 6.90. The lowest BCUT2D eigenvalue weighted by molar-refractivity contribution is 0.0696. The van der Waals surface area contributed by atoms with Gasteiger partial charge in [-0.05, 0) is 35.9 Å². The molecule has 5 heteroatoms. The Morgan fingerprint density at radius 1 is 1.05 bits per heavy atom. The zero-order chi connectivity index (χ0) is 14.5. The summed E-state index contributed by atoms with van der Waals surface area (Å²) in [5.74, 6) is -0.752. The van der Waals surface area contributed by atoms with Gasteiger partial charge in [0, 0.05) is 16.2 Å². The molecular weight excluding hydrogens is 274 g/mol. The molecule has 20 heavy (non-hydrogen) atoms. The van der Waals surface area contributed by atoms with Crippen molar-refractivity contribution >= 4 is 23.6 Å². The summed E-state index contributed by atoms with van der Waals surface area (Å²) in [4.78, 5) is 22.9. The highest BCUT2D eigenvalue weighted by Gasteiger charge is 2.05. The van der Waals surface area contributed by atoms with Gasteiger partial charge in [-0.2, -0.15) is 0 Å². The van der Waals surface area contributed by atoms with Gasteiger partial charge in [-0.15, -0.1) is 11.8 Å². The lowest BCUT2D eigenvalue weighted by atomic mass is 10.1. The fourth-order valence-corrected chi connectivity index (χ4v) is 2.60. The number of nitrogens with two attached hydrogens (primary N) is 1. The van der Waals surface area contributed by atoms with Crippen molar-refractivity contribution in [2.45, 2.75) is 10.6 Å². The molecule has 0 aliphatic carbocycles. The first-order chi connectivity index (χ1) is 9.56. The summed E-state index contributed by atoms with van der Waals surface area (Å²) >= 11 is 1.51. The first kappa shape index (κ1) is 14.1. The van der Waals surface area contributed by atoms with E-state index in [1.165, 1.54) is 11.8 Å². The highest BCUT2D eigenvalue weighted by Crippen LogP contribution is 2.24. The third-order valence-electron chi connectivity index (χ3n) is 2.70. The van der Waals surface area contributed by atoms with E-state index in [-0.39, 0.29) is 5.56 Å². The van der Waals surface area contributed by atoms with Gasteiger partial charge in [0.05, 0.1) is 5.56 Å². The van der Waals surface area contributed by atoms with Gasteiger partial charge in [0.2, 0.25) is 5.91 Å². The largest absolute Gasteiger partial charge is 0.478 e. The number of rotatable bonds is 5. The number of hydrogen-bond donors (Lipinski definition) is 2. The van der Waals surface area contributed by atoms with Crippen molar-refractivity contribution in [2.75, 3.05) is 0 Å². The lowest BCUT2D eigenvalue weighted by Gasteiger charge is -2.04. The molecule has 0 saturated carbocycles. The van der Waals surface area contributed by atoms with E-state index in [4.69, 9.17) is 10.8 Å². The highest BCUT2D eigenvalue weighted by atomic mass is 32.2. The van der Waals surface area contributed by atoms with E-state index in [1.54, 1.807) is 36.4 Å². The molecule has 3 N–H and O–H groups in total. The highest BCUT2D eigenvalue weighted by molar-refractivity contribution is 7.98. The zero-order valence-corrected chi connectivity index (χ0v) is 11.4. The Hall–Kier alpha value is -2.27. The third kappa shape index (κ3) is 3.61. The van der Waals surface area contributed by atoms with E-state index in [0.717, 1.165) is 10.5 Å². The van der Waals surface area contributed by atoms with Gasteiger partial charge in [0.15, 0.2) is 0 Å². The average molecular weight is 287 g/mol. The Morgan fingerprint density at radius 2 is 1.75 bits per heavy atom. The standard InChI is InChI=1S/C15H13NO3S/c16-14(17)11-4-1-3-10(7-11)9-20-13-6-2-5-12(8-13)15(18)19/h1-8H,9H2,(H2,16,17)(H,18,19). The van der Waals surface area contributed by atoms with E-state index >= 15 is 0 Å². The minimum absolute atomic E-state index is 0.265. The number of carboxylic acids is 1. The van der Waals surface area contributed by atoms with E-state index in [1.807, 2.05) is 12.1 Å². The summed E-state index contributed by atoms with van der Waals surface area (Å²) < 4.78 is 0. The summed E-state index contributed by atoms with van der Waals surface area (Å²) in [5, 5.41) is 8.93. The number of primary amides is 1. The van der Waals surface area contributed by atoms with Crippen LogP contribution in [-0.2, 0) is 5.75 Å². The SMILES string of the molecule is NC(=O)c1cccc(CSc2cccc(C(=O)O)c2)c1. The van der Waals surface area contributed by atoms with Crippen LogP contribution in [0.2, 0.25) is 0 Å². The Balaban J connectivity index is 2.08. The Kier molecular flexibility index (Phi) is 4.42. The molecule has 0 fully saturated rings. The zero-order valence-electron chi connectivity index (χ0n) is 10.6. The molecule has 0 spiro atoms. The van der Waals surface area contributed by atoms with Crippen molar-refractivity contribution in [3.05, 3.63) is 65.2 Å². The molecule has 0 unspecified atom stereocenters. The maximum Gasteiger partial charge on any atom is 0.335 e. The number of carbonyl (C=O) groups is 2. The number of carboxylic acid groups (broad SMARTS) is 1. The quantitative estimate of drug-likeness (QED) is 0.829. The molecule has 0 aliphatic heterocycles. The normalized spacial score (nSPS) is 10.2. The van der Waals surface area contributed by atoms with Crippen molar-refractivity contribution in [2.24, 2.45) is 5.73 Å². The number of benzene rings is 2. The summed E-state index contributed by atoms with van der Waals surface area (Å²) in [6, 6.07) is 13.9. The van der Waals surface area contributed by atoms with Gasteiger partial charge in [-0.25, -0.2) is 4.79 Å². The van der Waals surface area contributed by atoms with Crippen LogP contribution in [0.5, 0.6) is 0 Å². The van der Waals surface area contributed by atoms with Gasteiger partial charge in [-0.1, -0.05) is 18.2 Å². The maximum absolute atomic E-state index is 11.1. The second-order valence-electron chi connectivity index (χ2n) is 4.19. The molecule has 0 radical (unpaired) electrons. The van der Waals surface area contributed by atoms with E-state index < -0.39 is 11.9 Å². The van der Waals surface area contributed by atoms with Crippen LogP contribution < -0.4 is 5.73 Å². The monoisotopic (exact) mass is 287 g/mol. The van der Waals surface area contributed by atoms with Gasteiger partial charge in [-0.3, -0.25) is 4.79 Å². The number of amides is 1. The Morgan fingerprint density at radius 3 is 2.45 bits per heavy atom. The molecular formula is C15H13NO3S. The van der Waals surface area contributed by atoms with Crippen LogP contribution in [0.1, 0.15) is 26.3 Å². The molecule has 2 aromatic carbocycles. The molecule has 0 heterocycles.